The second kappa shape index (κ2) is 16.0. The van der Waals surface area contributed by atoms with Crippen molar-refractivity contribution in [2.75, 3.05) is 6.61 Å². The highest BCUT2D eigenvalue weighted by Gasteiger charge is 2.24. The van der Waals surface area contributed by atoms with E-state index in [-0.39, 0.29) is 12.8 Å². The molecule has 0 aliphatic carbocycles. The number of likely N-dealkylation sites (tertiary alicyclic amines) is 1. The second-order valence-electron chi connectivity index (χ2n) is 6.39. The number of carboxylic acids is 1. The molecule has 1 aromatic rings. The smallest absolute Gasteiger partial charge is 0.373 e. The van der Waals surface area contributed by atoms with Gasteiger partial charge in [0.1, 0.15) is 6.04 Å². The van der Waals surface area contributed by atoms with Gasteiger partial charge in [-0.1, -0.05) is 30.3 Å². The number of rotatable bonds is 8. The Balaban J connectivity index is 0.000000497. The summed E-state index contributed by atoms with van der Waals surface area (Å²) >= 11 is 0. The lowest BCUT2D eigenvalue weighted by Gasteiger charge is -2.33. The number of ether oxygens (including phenoxy) is 1. The van der Waals surface area contributed by atoms with Gasteiger partial charge < -0.3 is 20.5 Å². The highest BCUT2D eigenvalue weighted by Crippen LogP contribution is 2.20. The molecule has 0 unspecified atom stereocenters. The highest BCUT2D eigenvalue weighted by molar-refractivity contribution is 5.77. The summed E-state index contributed by atoms with van der Waals surface area (Å²) in [5.74, 6) is -0.728. The maximum absolute atomic E-state index is 11.7. The monoisotopic (exact) mass is 408 g/mol. The topological polar surface area (TPSA) is 144 Å². The molecule has 1 aliphatic rings. The van der Waals surface area contributed by atoms with E-state index < -0.39 is 12.0 Å². The summed E-state index contributed by atoms with van der Waals surface area (Å²) in [7, 11) is 0. The summed E-state index contributed by atoms with van der Waals surface area (Å²) in [5.41, 5.74) is 6.38. The fourth-order valence-electron chi connectivity index (χ4n) is 2.68. The molecule has 1 aromatic carbocycles. The standard InChI is InChI=1S/C13H17NO.C6H11NO4.CO2/c1-11-6-5-9-13(15)14(11)10-12-7-3-2-4-8-12;7-5(6(9)10)2-1-3-11-4-8;2-1-3/h2-4,7-8,11H,5-6,9-10H2,1H3;4-5H,1-3,7H2,(H,9,10);/t11-;5-;/m01./s1. The first-order valence-electron chi connectivity index (χ1n) is 9.23. The van der Waals surface area contributed by atoms with Crippen LogP contribution in [0.25, 0.3) is 0 Å². The predicted octanol–water partition coefficient (Wildman–Crippen LogP) is 1.36. The molecule has 160 valence electrons. The van der Waals surface area contributed by atoms with Crippen molar-refractivity contribution < 1.29 is 33.8 Å². The van der Waals surface area contributed by atoms with E-state index in [1.165, 1.54) is 5.56 Å². The van der Waals surface area contributed by atoms with Crippen LogP contribution in [-0.2, 0) is 35.3 Å². The average molecular weight is 408 g/mol. The molecule has 1 heterocycles. The summed E-state index contributed by atoms with van der Waals surface area (Å²) < 4.78 is 4.33. The Labute approximate surface area is 169 Å². The van der Waals surface area contributed by atoms with Crippen molar-refractivity contribution >= 4 is 24.5 Å². The SMILES string of the molecule is C[C@H]1CCCC(=O)N1Cc1ccccc1.N[C@H](CCCOC=O)C(=O)O.O=C=O. The minimum absolute atomic E-state index is 0.227. The summed E-state index contributed by atoms with van der Waals surface area (Å²) in [6.45, 7) is 3.46. The molecule has 0 saturated carbocycles. The van der Waals surface area contributed by atoms with E-state index in [1.807, 2.05) is 23.1 Å². The van der Waals surface area contributed by atoms with Gasteiger partial charge in [0.05, 0.1) is 6.61 Å². The van der Waals surface area contributed by atoms with E-state index in [4.69, 9.17) is 20.4 Å². The number of benzene rings is 1. The fraction of sp³-hybridized carbons (Fsp3) is 0.500. The van der Waals surface area contributed by atoms with Gasteiger partial charge in [-0.3, -0.25) is 14.4 Å². The number of nitrogens with zero attached hydrogens (tertiary/aromatic N) is 1. The molecule has 0 radical (unpaired) electrons. The van der Waals surface area contributed by atoms with Crippen LogP contribution in [0.2, 0.25) is 0 Å². The van der Waals surface area contributed by atoms with Crippen molar-refractivity contribution in [2.24, 2.45) is 5.73 Å². The molecule has 0 bridgehead atoms. The Morgan fingerprint density at radius 2 is 2.00 bits per heavy atom. The number of hydrogen-bond donors (Lipinski definition) is 2. The number of nitrogens with two attached hydrogens (primary N) is 1. The van der Waals surface area contributed by atoms with Gasteiger partial charge in [0.25, 0.3) is 6.47 Å². The zero-order chi connectivity index (χ0) is 22.1. The van der Waals surface area contributed by atoms with Crippen LogP contribution in [0.5, 0.6) is 0 Å². The molecule has 1 fully saturated rings. The zero-order valence-corrected chi connectivity index (χ0v) is 16.5. The van der Waals surface area contributed by atoms with Crippen LogP contribution in [0.15, 0.2) is 30.3 Å². The van der Waals surface area contributed by atoms with Crippen molar-refractivity contribution in [3.63, 3.8) is 0 Å². The quantitative estimate of drug-likeness (QED) is 0.484. The number of carbonyl (C=O) groups is 3. The third-order valence-electron chi connectivity index (χ3n) is 4.22. The Bertz CT molecular complexity index is 645. The first-order chi connectivity index (χ1) is 13.9. The molecule has 9 heteroatoms. The molecule has 29 heavy (non-hydrogen) atoms. The lowest BCUT2D eigenvalue weighted by atomic mass is 10.0. The van der Waals surface area contributed by atoms with E-state index in [0.717, 1.165) is 25.8 Å². The number of hydrogen-bond acceptors (Lipinski definition) is 7. The largest absolute Gasteiger partial charge is 0.480 e. The second-order valence-corrected chi connectivity index (χ2v) is 6.39. The Kier molecular flexibility index (Phi) is 14.3. The zero-order valence-electron chi connectivity index (χ0n) is 16.5. The molecular weight excluding hydrogens is 380 g/mol. The Morgan fingerprint density at radius 1 is 1.38 bits per heavy atom. The van der Waals surface area contributed by atoms with Crippen molar-refractivity contribution in [1.82, 2.24) is 4.90 Å². The number of aliphatic carboxylic acids is 1. The van der Waals surface area contributed by atoms with Gasteiger partial charge in [-0.25, -0.2) is 0 Å². The number of carboxylic acid groups (broad SMARTS) is 1. The van der Waals surface area contributed by atoms with E-state index in [0.29, 0.717) is 31.3 Å². The van der Waals surface area contributed by atoms with Gasteiger partial charge in [-0.2, -0.15) is 9.59 Å². The van der Waals surface area contributed by atoms with Gasteiger partial charge in [0.2, 0.25) is 5.91 Å². The molecule has 2 atom stereocenters. The number of amides is 1. The van der Waals surface area contributed by atoms with E-state index >= 15 is 0 Å². The molecule has 1 aliphatic heterocycles. The van der Waals surface area contributed by atoms with Crippen LogP contribution in [-0.4, -0.2) is 53.2 Å². The van der Waals surface area contributed by atoms with Crippen LogP contribution in [0.3, 0.4) is 0 Å². The van der Waals surface area contributed by atoms with Gasteiger partial charge in [0.15, 0.2) is 0 Å². The third-order valence-corrected chi connectivity index (χ3v) is 4.22. The lowest BCUT2D eigenvalue weighted by molar-refractivity contribution is -0.191. The third kappa shape index (κ3) is 12.1. The summed E-state index contributed by atoms with van der Waals surface area (Å²) in [6, 6.07) is 9.74. The molecular formula is C20H28N2O7. The van der Waals surface area contributed by atoms with Crippen molar-refractivity contribution in [2.45, 2.75) is 57.7 Å². The lowest BCUT2D eigenvalue weighted by Crippen LogP contribution is -2.41. The predicted molar refractivity (Wildman–Crippen MR) is 102 cm³/mol. The van der Waals surface area contributed by atoms with E-state index in [9.17, 15) is 14.4 Å². The summed E-state index contributed by atoms with van der Waals surface area (Å²) in [4.78, 5) is 49.7. The molecule has 3 N–H and O–H groups in total. The van der Waals surface area contributed by atoms with Gasteiger partial charge in [0, 0.05) is 19.0 Å². The minimum atomic E-state index is -1.03. The minimum Gasteiger partial charge on any atom is -0.480 e. The van der Waals surface area contributed by atoms with E-state index in [1.54, 1.807) is 0 Å². The van der Waals surface area contributed by atoms with Crippen molar-refractivity contribution in [3.05, 3.63) is 35.9 Å². The molecule has 9 nitrogen and oxygen atoms in total. The molecule has 1 saturated heterocycles. The van der Waals surface area contributed by atoms with Gasteiger partial charge in [-0.05, 0) is 38.2 Å². The van der Waals surface area contributed by atoms with Crippen molar-refractivity contribution in [1.29, 1.82) is 0 Å². The van der Waals surface area contributed by atoms with Gasteiger partial charge in [-0.15, -0.1) is 0 Å². The molecule has 0 aromatic heterocycles. The number of piperidine rings is 1. The highest BCUT2D eigenvalue weighted by atomic mass is 16.5. The van der Waals surface area contributed by atoms with E-state index in [2.05, 4.69) is 23.8 Å². The van der Waals surface area contributed by atoms with Crippen LogP contribution < -0.4 is 5.73 Å². The van der Waals surface area contributed by atoms with Crippen LogP contribution in [0.4, 0.5) is 0 Å². The van der Waals surface area contributed by atoms with Crippen LogP contribution in [0.1, 0.15) is 44.6 Å². The van der Waals surface area contributed by atoms with Crippen LogP contribution >= 0.6 is 0 Å². The molecule has 2 rings (SSSR count). The normalized spacial score (nSPS) is 16.1. The first-order valence-corrected chi connectivity index (χ1v) is 9.23. The average Bonchev–Trinajstić information content (AvgIpc) is 2.70. The molecule has 1 amide bonds. The molecule has 0 spiro atoms. The van der Waals surface area contributed by atoms with Crippen LogP contribution in [0, 0.1) is 0 Å². The van der Waals surface area contributed by atoms with Crippen molar-refractivity contribution in [3.8, 4) is 0 Å². The first kappa shape index (κ1) is 26.0. The number of carbonyl (C=O) groups excluding carboxylic acids is 4. The Hall–Kier alpha value is -3.03. The Morgan fingerprint density at radius 3 is 2.52 bits per heavy atom. The maximum Gasteiger partial charge on any atom is 0.373 e. The van der Waals surface area contributed by atoms with Gasteiger partial charge >= 0.3 is 12.1 Å². The maximum atomic E-state index is 11.7. The summed E-state index contributed by atoms with van der Waals surface area (Å²) in [6.07, 6.45) is 3.95. The summed E-state index contributed by atoms with van der Waals surface area (Å²) in [5, 5.41) is 8.30. The fourth-order valence-corrected chi connectivity index (χ4v) is 2.68.